The van der Waals surface area contributed by atoms with Gasteiger partial charge >= 0.3 is 5.97 Å². The third-order valence-electron chi connectivity index (χ3n) is 15.9. The molecule has 9 aliphatic heterocycles. The summed E-state index contributed by atoms with van der Waals surface area (Å²) in [6.45, 7) is 18.5. The quantitative estimate of drug-likeness (QED) is 0.193. The molecule has 9 aliphatic rings. The summed E-state index contributed by atoms with van der Waals surface area (Å²) < 4.78 is 54.1. The van der Waals surface area contributed by atoms with E-state index in [1.54, 1.807) is 0 Å². The van der Waals surface area contributed by atoms with E-state index in [-0.39, 0.29) is 60.8 Å². The molecule has 13 nitrogen and oxygen atoms in total. The van der Waals surface area contributed by atoms with E-state index >= 15 is 0 Å². The van der Waals surface area contributed by atoms with Crippen LogP contribution >= 0.6 is 0 Å². The Labute approximate surface area is 355 Å². The van der Waals surface area contributed by atoms with Crippen molar-refractivity contribution < 1.29 is 58.0 Å². The van der Waals surface area contributed by atoms with Gasteiger partial charge in [-0.2, -0.15) is 0 Å². The van der Waals surface area contributed by atoms with Crippen LogP contribution in [0.15, 0.2) is 36.5 Å². The molecule has 0 unspecified atom stereocenters. The standard InChI is InChI=1S/C47H71NO12/c1-26-18-36-41-38(24-45(58-41)30(5)17-27(2)25-48-45)56-44(22-26,55-36)23-29(4)40-28(3)19-32(7)47(52,59-40)42(51)37-21-35-34(53-37)20-31(6)46(57-35)16-15-43(60-46)14-10-12-33(54-43)11-8-9-13-39(49)50/h8,10-11,14,26-28,30-38,40-42,48,51-52H,4,9,12-13,15-25H2,1-3,5-7H3,(H,49,50)/b11-8+/t26-,27+,28+,30-,31+,32-,33-,34+,35+,36+,37-,38+,40+,41+,42+,43+,44-,45-,46-,47+/m1/s1. The molecule has 0 saturated carbocycles. The van der Waals surface area contributed by atoms with Gasteiger partial charge < -0.3 is 53.2 Å². The Morgan fingerprint density at radius 1 is 0.867 bits per heavy atom. The first kappa shape index (κ1) is 43.5. The summed E-state index contributed by atoms with van der Waals surface area (Å²) in [6, 6.07) is 0. The van der Waals surface area contributed by atoms with E-state index in [9.17, 15) is 15.0 Å². The second-order valence-electron chi connectivity index (χ2n) is 20.9. The highest BCUT2D eigenvalue weighted by Crippen LogP contribution is 2.55. The van der Waals surface area contributed by atoms with Gasteiger partial charge in [-0.25, -0.2) is 0 Å². The fourth-order valence-electron chi connectivity index (χ4n) is 12.8. The van der Waals surface area contributed by atoms with Crippen LogP contribution in [0.5, 0.6) is 0 Å². The molecule has 20 atom stereocenters. The van der Waals surface area contributed by atoms with E-state index in [0.717, 1.165) is 37.8 Å². The van der Waals surface area contributed by atoms with Crippen molar-refractivity contribution in [2.24, 2.45) is 35.5 Å². The molecule has 8 saturated heterocycles. The van der Waals surface area contributed by atoms with Gasteiger partial charge in [-0.05, 0) is 73.8 Å². The van der Waals surface area contributed by atoms with Crippen LogP contribution in [-0.2, 0) is 42.7 Å². The lowest BCUT2D eigenvalue weighted by Crippen LogP contribution is -2.62. The Hall–Kier alpha value is -1.75. The Bertz CT molecular complexity index is 1690. The van der Waals surface area contributed by atoms with E-state index in [2.05, 4.69) is 52.6 Å². The van der Waals surface area contributed by atoms with E-state index in [0.29, 0.717) is 69.1 Å². The highest BCUT2D eigenvalue weighted by atomic mass is 16.8. The molecule has 8 fully saturated rings. The van der Waals surface area contributed by atoms with Crippen LogP contribution in [0.2, 0.25) is 0 Å². The molecule has 0 aromatic rings. The number of piperidine rings is 1. The zero-order chi connectivity index (χ0) is 42.4. The lowest BCUT2D eigenvalue weighted by atomic mass is 9.76. The number of allylic oxidation sites excluding steroid dienone is 1. The van der Waals surface area contributed by atoms with E-state index in [1.807, 2.05) is 25.2 Å². The number of hydrogen-bond acceptors (Lipinski definition) is 12. The van der Waals surface area contributed by atoms with Crippen molar-refractivity contribution in [2.45, 2.75) is 209 Å². The molecule has 0 aromatic heterocycles. The Morgan fingerprint density at radius 2 is 1.67 bits per heavy atom. The second-order valence-corrected chi connectivity index (χ2v) is 20.9. The van der Waals surface area contributed by atoms with Gasteiger partial charge in [-0.15, -0.1) is 0 Å². The number of hydrogen-bond donors (Lipinski definition) is 4. The maximum atomic E-state index is 12.4. The number of carboxylic acids is 1. The number of aliphatic hydroxyl groups is 2. The third-order valence-corrected chi connectivity index (χ3v) is 15.9. The predicted octanol–water partition coefficient (Wildman–Crippen LogP) is 6.26. The van der Waals surface area contributed by atoms with E-state index in [4.69, 9.17) is 43.0 Å². The summed E-state index contributed by atoms with van der Waals surface area (Å²) in [5.41, 5.74) is 0.390. The Morgan fingerprint density at radius 3 is 2.45 bits per heavy atom. The number of aliphatic carboxylic acids is 1. The van der Waals surface area contributed by atoms with Crippen LogP contribution in [0.3, 0.4) is 0 Å². The molecule has 2 bridgehead atoms. The van der Waals surface area contributed by atoms with Gasteiger partial charge in [-0.3, -0.25) is 10.1 Å². The summed E-state index contributed by atoms with van der Waals surface area (Å²) in [5.74, 6) is -4.41. The molecule has 13 heteroatoms. The summed E-state index contributed by atoms with van der Waals surface area (Å²) in [4.78, 5) is 11.0. The number of aliphatic hydroxyl groups excluding tert-OH is 1. The zero-order valence-electron chi connectivity index (χ0n) is 36.6. The van der Waals surface area contributed by atoms with E-state index < -0.39 is 53.2 Å². The first-order valence-corrected chi connectivity index (χ1v) is 23.3. The van der Waals surface area contributed by atoms with Gasteiger partial charge in [0.2, 0.25) is 0 Å². The largest absolute Gasteiger partial charge is 0.481 e. The first-order chi connectivity index (χ1) is 28.4. The summed E-state index contributed by atoms with van der Waals surface area (Å²) in [6.07, 6.45) is 12.2. The minimum absolute atomic E-state index is 0.0210. The number of nitrogens with one attached hydrogen (secondary N) is 1. The van der Waals surface area contributed by atoms with Crippen molar-refractivity contribution in [3.8, 4) is 0 Å². The number of rotatable bonds is 9. The molecule has 0 radical (unpaired) electrons. The van der Waals surface area contributed by atoms with Gasteiger partial charge in [0, 0.05) is 63.3 Å². The molecule has 0 aliphatic carbocycles. The lowest BCUT2D eigenvalue weighted by Gasteiger charge is -2.53. The molecule has 4 N–H and O–H groups in total. The van der Waals surface area contributed by atoms with Gasteiger partial charge in [0.25, 0.3) is 0 Å². The lowest BCUT2D eigenvalue weighted by molar-refractivity contribution is -0.367. The monoisotopic (exact) mass is 841 g/mol. The summed E-state index contributed by atoms with van der Waals surface area (Å²) >= 11 is 0. The van der Waals surface area contributed by atoms with Crippen molar-refractivity contribution in [1.82, 2.24) is 5.32 Å². The first-order valence-electron chi connectivity index (χ1n) is 23.3. The number of carboxylic acid groups (broad SMARTS) is 1. The number of carbonyl (C=O) groups is 1. The number of ether oxygens (including phenoxy) is 8. The predicted molar refractivity (Wildman–Crippen MR) is 219 cm³/mol. The van der Waals surface area contributed by atoms with Gasteiger partial charge in [-0.1, -0.05) is 66.3 Å². The van der Waals surface area contributed by atoms with Gasteiger partial charge in [0.1, 0.15) is 17.9 Å². The minimum atomic E-state index is -1.88. The topological polar surface area (TPSA) is 164 Å². The van der Waals surface area contributed by atoms with Crippen molar-refractivity contribution >= 4 is 5.97 Å². The van der Waals surface area contributed by atoms with Crippen molar-refractivity contribution in [3.63, 3.8) is 0 Å². The molecule has 3 spiro atoms. The molecular weight excluding hydrogens is 771 g/mol. The summed E-state index contributed by atoms with van der Waals surface area (Å²) in [7, 11) is 0. The van der Waals surface area contributed by atoms with Crippen LogP contribution in [0.1, 0.15) is 125 Å². The fourth-order valence-corrected chi connectivity index (χ4v) is 12.8. The molecule has 9 rings (SSSR count). The second kappa shape index (κ2) is 16.0. The highest BCUT2D eigenvalue weighted by Gasteiger charge is 2.64. The zero-order valence-corrected chi connectivity index (χ0v) is 36.6. The molecule has 0 amide bonds. The average Bonchev–Trinajstić information content (AvgIpc) is 3.87. The van der Waals surface area contributed by atoms with Crippen LogP contribution in [0, 0.1) is 35.5 Å². The third kappa shape index (κ3) is 7.81. The van der Waals surface area contributed by atoms with Crippen LogP contribution in [-0.4, -0.2) is 112 Å². The highest BCUT2D eigenvalue weighted by molar-refractivity contribution is 5.66. The molecule has 336 valence electrons. The van der Waals surface area contributed by atoms with Crippen LogP contribution < -0.4 is 5.32 Å². The molecular formula is C47H71NO12. The smallest absolute Gasteiger partial charge is 0.303 e. The van der Waals surface area contributed by atoms with E-state index in [1.165, 1.54) is 0 Å². The minimum Gasteiger partial charge on any atom is -0.481 e. The number of fused-ring (bicyclic) bond motifs is 5. The van der Waals surface area contributed by atoms with Gasteiger partial charge in [0.05, 0.1) is 42.7 Å². The van der Waals surface area contributed by atoms with Gasteiger partial charge in [0.15, 0.2) is 23.1 Å². The van der Waals surface area contributed by atoms with Crippen molar-refractivity contribution in [2.75, 3.05) is 6.54 Å². The maximum absolute atomic E-state index is 12.4. The molecule has 9 heterocycles. The Balaban J connectivity index is 0.846. The molecule has 60 heavy (non-hydrogen) atoms. The van der Waals surface area contributed by atoms with Crippen LogP contribution in [0.25, 0.3) is 0 Å². The fraction of sp³-hybridized carbons (Fsp3) is 0.851. The Kier molecular flexibility index (Phi) is 11.6. The SMILES string of the molecule is C=C(C[C@]12C[C@H](C)C[C@H](O1)[C@@H]1O[C@@]3(C[C@@H]1O2)NC[C@@H](C)C[C@H]3C)[C@H]1O[C@](O)([C@@H](O)[C@H]2C[C@@H]3O[C@@]4(CC[C@]5(C=CC[C@@H](/C=C/CCC(=O)O)O5)O4)[C@@H](C)C[C@@H]3O2)[C@H](C)C[C@@H]1C. The summed E-state index contributed by atoms with van der Waals surface area (Å²) in [5, 5.41) is 37.3. The maximum Gasteiger partial charge on any atom is 0.303 e. The average molecular weight is 842 g/mol. The van der Waals surface area contributed by atoms with Crippen LogP contribution in [0.4, 0.5) is 0 Å². The molecule has 0 aromatic carbocycles. The van der Waals surface area contributed by atoms with Crippen molar-refractivity contribution in [1.29, 1.82) is 0 Å². The van der Waals surface area contributed by atoms with Crippen molar-refractivity contribution in [3.05, 3.63) is 36.5 Å². The normalized spacial score (nSPS) is 52.9.